The van der Waals surface area contributed by atoms with Crippen molar-refractivity contribution in [3.05, 3.63) is 78.4 Å². The quantitative estimate of drug-likeness (QED) is 0.258. The molecule has 1 atom stereocenters. The minimum atomic E-state index is -3.72. The van der Waals surface area contributed by atoms with Crippen molar-refractivity contribution >= 4 is 44.1 Å². The summed E-state index contributed by atoms with van der Waals surface area (Å²) < 4.78 is 28.8. The number of hydrogen-bond acceptors (Lipinski definition) is 6. The minimum absolute atomic E-state index is 0.0852. The molecule has 3 aromatic carbocycles. The van der Waals surface area contributed by atoms with Gasteiger partial charge in [-0.1, -0.05) is 42.5 Å². The van der Waals surface area contributed by atoms with Gasteiger partial charge in [0.15, 0.2) is 0 Å². The lowest BCUT2D eigenvalue weighted by Gasteiger charge is -2.26. The highest BCUT2D eigenvalue weighted by atomic mass is 32.2. The average molecular weight is 551 g/mol. The molecule has 38 heavy (non-hydrogen) atoms. The molecular weight excluding hydrogens is 516 g/mol. The number of benzene rings is 3. The van der Waals surface area contributed by atoms with Gasteiger partial charge in [0, 0.05) is 34.6 Å². The molecule has 9 heteroatoms. The number of carbonyl (C=O) groups is 1. The third-order valence-electron chi connectivity index (χ3n) is 6.28. The molecule has 1 heterocycles. The Morgan fingerprint density at radius 2 is 1.74 bits per heavy atom. The van der Waals surface area contributed by atoms with Crippen molar-refractivity contribution in [2.24, 2.45) is 0 Å². The number of thioether (sulfide) groups is 1. The molecule has 3 N–H and O–H groups in total. The monoisotopic (exact) mass is 550 g/mol. The molecule has 1 fully saturated rings. The van der Waals surface area contributed by atoms with Gasteiger partial charge in [0.2, 0.25) is 15.9 Å². The fourth-order valence-corrected chi connectivity index (χ4v) is 6.66. The number of hydrogen-bond donors (Lipinski definition) is 3. The van der Waals surface area contributed by atoms with Crippen LogP contribution in [0.2, 0.25) is 0 Å². The summed E-state index contributed by atoms with van der Waals surface area (Å²) in [7, 11) is -3.72. The second-order valence-corrected chi connectivity index (χ2v) is 12.8. The molecule has 7 nitrogen and oxygen atoms in total. The van der Waals surface area contributed by atoms with E-state index in [9.17, 15) is 13.2 Å². The van der Waals surface area contributed by atoms with Crippen molar-refractivity contribution in [3.63, 3.8) is 0 Å². The van der Waals surface area contributed by atoms with E-state index in [2.05, 4.69) is 14.9 Å². The van der Waals surface area contributed by atoms with E-state index >= 15 is 0 Å². The predicted molar refractivity (Wildman–Crippen MR) is 158 cm³/mol. The van der Waals surface area contributed by atoms with Crippen LogP contribution in [-0.2, 0) is 14.8 Å². The molecule has 0 spiro atoms. The fourth-order valence-electron chi connectivity index (χ4n) is 4.65. The molecule has 1 aliphatic heterocycles. The third kappa shape index (κ3) is 6.46. The maximum Gasteiger partial charge on any atom is 0.247 e. The Labute approximate surface area is 229 Å². The second-order valence-electron chi connectivity index (χ2n) is 10.4. The molecule has 1 saturated heterocycles. The third-order valence-corrected chi connectivity index (χ3v) is 8.74. The first-order valence-corrected chi connectivity index (χ1v) is 15.2. The van der Waals surface area contributed by atoms with Crippen LogP contribution in [0.15, 0.2) is 77.7 Å². The molecule has 0 aromatic heterocycles. The molecule has 4 rings (SSSR count). The van der Waals surface area contributed by atoms with Crippen molar-refractivity contribution in [1.82, 2.24) is 4.72 Å². The first kappa shape index (κ1) is 27.9. The number of amides is 1. The summed E-state index contributed by atoms with van der Waals surface area (Å²) in [5.74, 6) is -0.0852. The van der Waals surface area contributed by atoms with E-state index < -0.39 is 15.6 Å². The smallest absolute Gasteiger partial charge is 0.247 e. The zero-order chi connectivity index (χ0) is 27.5. The summed E-state index contributed by atoms with van der Waals surface area (Å²) in [6, 6.07) is 21.6. The number of carbonyl (C=O) groups excluding carboxylic acids is 1. The van der Waals surface area contributed by atoms with Crippen LogP contribution in [0.1, 0.15) is 39.2 Å². The van der Waals surface area contributed by atoms with Gasteiger partial charge in [0.1, 0.15) is 6.04 Å². The van der Waals surface area contributed by atoms with E-state index in [0.29, 0.717) is 16.3 Å². The largest absolute Gasteiger partial charge is 0.359 e. The van der Waals surface area contributed by atoms with Crippen molar-refractivity contribution in [1.29, 1.82) is 5.41 Å². The van der Waals surface area contributed by atoms with Gasteiger partial charge in [-0.15, -0.1) is 11.8 Å². The van der Waals surface area contributed by atoms with Gasteiger partial charge in [-0.25, -0.2) is 13.1 Å². The van der Waals surface area contributed by atoms with E-state index in [-0.39, 0.29) is 16.8 Å². The number of sulfonamides is 1. The van der Waals surface area contributed by atoms with Gasteiger partial charge in [-0.2, -0.15) is 0 Å². The number of rotatable bonds is 7. The summed E-state index contributed by atoms with van der Waals surface area (Å²) in [5.41, 5.74) is 3.17. The second kappa shape index (κ2) is 11.3. The number of anilines is 2. The Morgan fingerprint density at radius 3 is 2.42 bits per heavy atom. The minimum Gasteiger partial charge on any atom is -0.359 e. The summed E-state index contributed by atoms with van der Waals surface area (Å²) in [6.45, 7) is 6.20. The summed E-state index contributed by atoms with van der Waals surface area (Å²) in [6.07, 6.45) is 3.54. The van der Waals surface area contributed by atoms with E-state index in [1.807, 2.05) is 69.5 Å². The van der Waals surface area contributed by atoms with E-state index in [1.54, 1.807) is 30.3 Å². The summed E-state index contributed by atoms with van der Waals surface area (Å²) in [5, 5.41) is 11.6. The van der Waals surface area contributed by atoms with Crippen LogP contribution >= 0.6 is 11.8 Å². The molecular formula is C29H34N4O3S2. The van der Waals surface area contributed by atoms with Gasteiger partial charge in [-0.05, 0) is 75.8 Å². The molecule has 0 aliphatic carbocycles. The van der Waals surface area contributed by atoms with Crippen LogP contribution in [-0.4, -0.2) is 43.7 Å². The number of nitrogens with one attached hydrogen (secondary N) is 3. The molecule has 1 amide bonds. The molecule has 0 saturated carbocycles. The van der Waals surface area contributed by atoms with Crippen LogP contribution in [0, 0.1) is 5.41 Å². The predicted octanol–water partition coefficient (Wildman–Crippen LogP) is 5.73. The zero-order valence-electron chi connectivity index (χ0n) is 22.1. The standard InChI is InChI=1S/C29H34N4O3S2/c1-29(2,3)32-38(35,36)26-13-6-5-11-24(26)20-14-16-22(17-15-20)31-28(34)25-12-8-18-33(25)23-10-7-9-21(19-23)27(30)37-4/h5-7,9-11,13-17,19,25,30,32H,8,12,18H2,1-4H3,(H,31,34)/t25-/m0/s1. The van der Waals surface area contributed by atoms with Crippen molar-refractivity contribution in [3.8, 4) is 11.1 Å². The summed E-state index contributed by atoms with van der Waals surface area (Å²) >= 11 is 1.39. The Hall–Kier alpha value is -3.14. The van der Waals surface area contributed by atoms with Crippen LogP contribution in [0.4, 0.5) is 11.4 Å². The molecule has 0 unspecified atom stereocenters. The first-order chi connectivity index (χ1) is 18.0. The highest BCUT2D eigenvalue weighted by molar-refractivity contribution is 8.13. The topological polar surface area (TPSA) is 102 Å². The van der Waals surface area contributed by atoms with Crippen LogP contribution in [0.3, 0.4) is 0 Å². The highest BCUT2D eigenvalue weighted by Gasteiger charge is 2.31. The van der Waals surface area contributed by atoms with Crippen molar-refractivity contribution in [2.45, 2.75) is 50.1 Å². The lowest BCUT2D eigenvalue weighted by Crippen LogP contribution is -2.40. The Balaban J connectivity index is 1.51. The van der Waals surface area contributed by atoms with Gasteiger partial charge in [0.25, 0.3) is 0 Å². The molecule has 0 bridgehead atoms. The molecule has 0 radical (unpaired) electrons. The SMILES string of the molecule is CSC(=N)c1cccc(N2CCC[C@H]2C(=O)Nc2ccc(-c3ccccc3S(=O)(=O)NC(C)(C)C)cc2)c1. The number of nitrogens with zero attached hydrogens (tertiary/aromatic N) is 1. The molecule has 1 aliphatic rings. The van der Waals surface area contributed by atoms with Gasteiger partial charge >= 0.3 is 0 Å². The maximum atomic E-state index is 13.3. The molecule has 200 valence electrons. The van der Waals surface area contributed by atoms with Crippen LogP contribution in [0.5, 0.6) is 0 Å². The van der Waals surface area contributed by atoms with Crippen molar-refractivity contribution in [2.75, 3.05) is 23.0 Å². The van der Waals surface area contributed by atoms with E-state index in [1.165, 1.54) is 11.8 Å². The van der Waals surface area contributed by atoms with Crippen molar-refractivity contribution < 1.29 is 13.2 Å². The average Bonchev–Trinajstić information content (AvgIpc) is 3.38. The van der Waals surface area contributed by atoms with E-state index in [0.717, 1.165) is 36.2 Å². The Kier molecular flexibility index (Phi) is 8.30. The van der Waals surface area contributed by atoms with Gasteiger partial charge in [0.05, 0.1) is 9.94 Å². The maximum absolute atomic E-state index is 13.3. The lowest BCUT2D eigenvalue weighted by atomic mass is 10.1. The van der Waals surface area contributed by atoms with Gasteiger partial charge < -0.3 is 10.2 Å². The molecule has 3 aromatic rings. The zero-order valence-corrected chi connectivity index (χ0v) is 23.7. The Morgan fingerprint density at radius 1 is 1.03 bits per heavy atom. The first-order valence-electron chi connectivity index (χ1n) is 12.5. The lowest BCUT2D eigenvalue weighted by molar-refractivity contribution is -0.117. The van der Waals surface area contributed by atoms with Crippen LogP contribution < -0.4 is 14.9 Å². The summed E-state index contributed by atoms with van der Waals surface area (Å²) in [4.78, 5) is 15.6. The van der Waals surface area contributed by atoms with Crippen LogP contribution in [0.25, 0.3) is 11.1 Å². The van der Waals surface area contributed by atoms with Gasteiger partial charge in [-0.3, -0.25) is 10.2 Å². The normalized spacial score (nSPS) is 15.9. The Bertz CT molecular complexity index is 1430. The van der Waals surface area contributed by atoms with E-state index in [4.69, 9.17) is 5.41 Å². The fraction of sp³-hybridized carbons (Fsp3) is 0.310. The highest BCUT2D eigenvalue weighted by Crippen LogP contribution is 2.31.